The standard InChI is InChI=1S/C12H16N2O2/c13-11-7-6-10(8-12(11)14(15)16)9-4-2-1-3-5-9/h6-9H,1-5,13H2. The molecule has 86 valence electrons. The lowest BCUT2D eigenvalue weighted by molar-refractivity contribution is -0.384. The van der Waals surface area contributed by atoms with E-state index in [9.17, 15) is 10.1 Å². The van der Waals surface area contributed by atoms with E-state index < -0.39 is 4.92 Å². The Morgan fingerprint density at radius 2 is 1.94 bits per heavy atom. The van der Waals surface area contributed by atoms with Crippen LogP contribution < -0.4 is 5.73 Å². The normalized spacial score (nSPS) is 17.2. The van der Waals surface area contributed by atoms with Gasteiger partial charge in [0.15, 0.2) is 0 Å². The van der Waals surface area contributed by atoms with Gasteiger partial charge in [0.1, 0.15) is 5.69 Å². The molecule has 0 atom stereocenters. The quantitative estimate of drug-likeness (QED) is 0.472. The highest BCUT2D eigenvalue weighted by molar-refractivity contribution is 5.59. The van der Waals surface area contributed by atoms with Gasteiger partial charge in [-0.25, -0.2) is 0 Å². The minimum Gasteiger partial charge on any atom is -0.393 e. The summed E-state index contributed by atoms with van der Waals surface area (Å²) >= 11 is 0. The van der Waals surface area contributed by atoms with Gasteiger partial charge in [-0.3, -0.25) is 10.1 Å². The molecule has 0 amide bonds. The molecule has 1 saturated carbocycles. The van der Waals surface area contributed by atoms with Crippen molar-refractivity contribution in [2.45, 2.75) is 38.0 Å². The van der Waals surface area contributed by atoms with Gasteiger partial charge >= 0.3 is 0 Å². The second kappa shape index (κ2) is 4.51. The second-order valence-electron chi connectivity index (χ2n) is 4.41. The molecule has 2 rings (SSSR count). The highest BCUT2D eigenvalue weighted by Gasteiger charge is 2.19. The van der Waals surface area contributed by atoms with Gasteiger partial charge in [-0.1, -0.05) is 25.3 Å². The van der Waals surface area contributed by atoms with Crippen LogP contribution in [0.25, 0.3) is 0 Å². The van der Waals surface area contributed by atoms with E-state index >= 15 is 0 Å². The number of hydrogen-bond acceptors (Lipinski definition) is 3. The molecule has 0 bridgehead atoms. The molecule has 0 aliphatic heterocycles. The number of nitrogen functional groups attached to an aromatic ring is 1. The summed E-state index contributed by atoms with van der Waals surface area (Å²) in [6, 6.07) is 5.23. The first kappa shape index (κ1) is 10.9. The SMILES string of the molecule is Nc1ccc(C2CCCCC2)cc1[N+](=O)[O-]. The molecule has 1 aromatic rings. The molecule has 1 fully saturated rings. The molecule has 1 aliphatic carbocycles. The fourth-order valence-electron chi connectivity index (χ4n) is 2.41. The average Bonchev–Trinajstić information content (AvgIpc) is 2.30. The molecule has 0 unspecified atom stereocenters. The van der Waals surface area contributed by atoms with Crippen LogP contribution >= 0.6 is 0 Å². The third kappa shape index (κ3) is 2.15. The largest absolute Gasteiger partial charge is 0.393 e. The molecule has 1 aliphatic rings. The van der Waals surface area contributed by atoms with Crippen LogP contribution in [0.1, 0.15) is 43.6 Å². The Hall–Kier alpha value is -1.58. The minimum absolute atomic E-state index is 0.0445. The summed E-state index contributed by atoms with van der Waals surface area (Å²) in [6.45, 7) is 0. The van der Waals surface area contributed by atoms with Gasteiger partial charge in [-0.2, -0.15) is 0 Å². The number of nitrogens with two attached hydrogens (primary N) is 1. The lowest BCUT2D eigenvalue weighted by atomic mass is 9.84. The summed E-state index contributed by atoms with van der Waals surface area (Å²) in [5.41, 5.74) is 6.95. The van der Waals surface area contributed by atoms with E-state index in [1.54, 1.807) is 12.1 Å². The lowest BCUT2D eigenvalue weighted by Crippen LogP contribution is -2.05. The van der Waals surface area contributed by atoms with Gasteiger partial charge in [0, 0.05) is 6.07 Å². The van der Waals surface area contributed by atoms with Crippen LogP contribution in [-0.4, -0.2) is 4.92 Å². The molecule has 0 radical (unpaired) electrons. The Morgan fingerprint density at radius 3 is 2.56 bits per heavy atom. The summed E-state index contributed by atoms with van der Waals surface area (Å²) in [5, 5.41) is 10.8. The first-order valence-electron chi connectivity index (χ1n) is 5.72. The van der Waals surface area contributed by atoms with Crippen molar-refractivity contribution in [3.05, 3.63) is 33.9 Å². The third-order valence-electron chi connectivity index (χ3n) is 3.33. The molecule has 16 heavy (non-hydrogen) atoms. The smallest absolute Gasteiger partial charge is 0.292 e. The molecule has 4 nitrogen and oxygen atoms in total. The highest BCUT2D eigenvalue weighted by Crippen LogP contribution is 2.35. The number of hydrogen-bond donors (Lipinski definition) is 1. The predicted octanol–water partition coefficient (Wildman–Crippen LogP) is 3.22. The first-order valence-corrected chi connectivity index (χ1v) is 5.72. The molecular weight excluding hydrogens is 204 g/mol. The van der Waals surface area contributed by atoms with Crippen molar-refractivity contribution < 1.29 is 4.92 Å². The zero-order valence-corrected chi connectivity index (χ0v) is 9.19. The van der Waals surface area contributed by atoms with E-state index in [0.717, 1.165) is 18.4 Å². The zero-order chi connectivity index (χ0) is 11.5. The van der Waals surface area contributed by atoms with Crippen LogP contribution in [0.5, 0.6) is 0 Å². The van der Waals surface area contributed by atoms with Crippen LogP contribution in [0.3, 0.4) is 0 Å². The third-order valence-corrected chi connectivity index (χ3v) is 3.33. The van der Waals surface area contributed by atoms with Crippen molar-refractivity contribution in [3.63, 3.8) is 0 Å². The van der Waals surface area contributed by atoms with Gasteiger partial charge in [0.05, 0.1) is 4.92 Å². The summed E-state index contributed by atoms with van der Waals surface area (Å²) < 4.78 is 0. The van der Waals surface area contributed by atoms with Crippen LogP contribution in [0.2, 0.25) is 0 Å². The topological polar surface area (TPSA) is 69.2 Å². The molecule has 0 heterocycles. The van der Waals surface area contributed by atoms with Crippen molar-refractivity contribution in [2.75, 3.05) is 5.73 Å². The van der Waals surface area contributed by atoms with Crippen molar-refractivity contribution in [2.24, 2.45) is 0 Å². The maximum absolute atomic E-state index is 10.8. The van der Waals surface area contributed by atoms with E-state index in [-0.39, 0.29) is 11.4 Å². The molecule has 2 N–H and O–H groups in total. The maximum atomic E-state index is 10.8. The molecule has 4 heteroatoms. The number of nitrogens with zero attached hydrogens (tertiary/aromatic N) is 1. The van der Waals surface area contributed by atoms with Crippen LogP contribution in [0.15, 0.2) is 18.2 Å². The summed E-state index contributed by atoms with van der Waals surface area (Å²) in [4.78, 5) is 10.4. The van der Waals surface area contributed by atoms with Gasteiger partial charge < -0.3 is 5.73 Å². The number of benzene rings is 1. The van der Waals surface area contributed by atoms with Gasteiger partial charge in [0.2, 0.25) is 0 Å². The minimum atomic E-state index is -0.401. The molecule has 1 aromatic carbocycles. The monoisotopic (exact) mass is 220 g/mol. The van der Waals surface area contributed by atoms with Crippen molar-refractivity contribution >= 4 is 11.4 Å². The Labute approximate surface area is 94.6 Å². The second-order valence-corrected chi connectivity index (χ2v) is 4.41. The zero-order valence-electron chi connectivity index (χ0n) is 9.19. The number of rotatable bonds is 2. The Bertz CT molecular complexity index is 398. The van der Waals surface area contributed by atoms with E-state index in [0.29, 0.717) is 5.92 Å². The van der Waals surface area contributed by atoms with E-state index in [1.165, 1.54) is 19.3 Å². The Kier molecular flexibility index (Phi) is 3.08. The number of nitro groups is 1. The van der Waals surface area contributed by atoms with Crippen LogP contribution in [0.4, 0.5) is 11.4 Å². The molecule has 0 aromatic heterocycles. The van der Waals surface area contributed by atoms with Crippen molar-refractivity contribution in [1.29, 1.82) is 0 Å². The van der Waals surface area contributed by atoms with E-state index in [1.807, 2.05) is 6.07 Å². The number of nitro benzene ring substituents is 1. The Balaban J connectivity index is 2.27. The number of anilines is 1. The molecular formula is C12H16N2O2. The summed E-state index contributed by atoms with van der Waals surface area (Å²) in [7, 11) is 0. The van der Waals surface area contributed by atoms with Crippen molar-refractivity contribution in [1.82, 2.24) is 0 Å². The maximum Gasteiger partial charge on any atom is 0.292 e. The molecule has 0 saturated heterocycles. The summed E-state index contributed by atoms with van der Waals surface area (Å²) in [6.07, 6.45) is 6.02. The van der Waals surface area contributed by atoms with Crippen molar-refractivity contribution in [3.8, 4) is 0 Å². The highest BCUT2D eigenvalue weighted by atomic mass is 16.6. The van der Waals surface area contributed by atoms with Gasteiger partial charge in [0.25, 0.3) is 5.69 Å². The lowest BCUT2D eigenvalue weighted by Gasteiger charge is -2.21. The van der Waals surface area contributed by atoms with Crippen LogP contribution in [0, 0.1) is 10.1 Å². The first-order chi connectivity index (χ1) is 7.68. The van der Waals surface area contributed by atoms with Gasteiger partial charge in [-0.05, 0) is 30.4 Å². The van der Waals surface area contributed by atoms with E-state index in [2.05, 4.69) is 0 Å². The van der Waals surface area contributed by atoms with E-state index in [4.69, 9.17) is 5.73 Å². The van der Waals surface area contributed by atoms with Crippen LogP contribution in [-0.2, 0) is 0 Å². The fourth-order valence-corrected chi connectivity index (χ4v) is 2.41. The fraction of sp³-hybridized carbons (Fsp3) is 0.500. The average molecular weight is 220 g/mol. The Morgan fingerprint density at radius 1 is 1.25 bits per heavy atom. The predicted molar refractivity (Wildman–Crippen MR) is 63.3 cm³/mol. The van der Waals surface area contributed by atoms with Gasteiger partial charge in [-0.15, -0.1) is 0 Å². The molecule has 0 spiro atoms. The summed E-state index contributed by atoms with van der Waals surface area (Å²) in [5.74, 6) is 0.480.